The SMILES string of the molecule is O=S(=O)(C1(O)CCCCC1)C1(O)CCCCC1. The summed E-state index contributed by atoms with van der Waals surface area (Å²) in [6.45, 7) is 0. The zero-order valence-electron chi connectivity index (χ0n) is 10.2. The van der Waals surface area contributed by atoms with Gasteiger partial charge in [-0.3, -0.25) is 0 Å². The fourth-order valence-corrected chi connectivity index (χ4v) is 5.46. The van der Waals surface area contributed by atoms with Crippen molar-refractivity contribution in [3.63, 3.8) is 0 Å². The van der Waals surface area contributed by atoms with Crippen molar-refractivity contribution in [3.05, 3.63) is 0 Å². The first-order chi connectivity index (χ1) is 7.91. The van der Waals surface area contributed by atoms with Gasteiger partial charge in [0.1, 0.15) is 0 Å². The molecule has 0 aromatic heterocycles. The summed E-state index contributed by atoms with van der Waals surface area (Å²) in [7, 11) is -3.87. The molecule has 0 bridgehead atoms. The molecule has 2 saturated carbocycles. The Morgan fingerprint density at radius 2 is 0.941 bits per heavy atom. The molecule has 0 saturated heterocycles. The standard InChI is InChI=1S/C12H22O4S/c13-11(7-3-1-4-8-11)17(15,16)12(14)9-5-2-6-10-12/h13-14H,1-10H2. The lowest BCUT2D eigenvalue weighted by Gasteiger charge is -2.40. The highest BCUT2D eigenvalue weighted by molar-refractivity contribution is 7.93. The van der Waals surface area contributed by atoms with Gasteiger partial charge in [0.15, 0.2) is 9.87 Å². The summed E-state index contributed by atoms with van der Waals surface area (Å²) in [6.07, 6.45) is 5.95. The Kier molecular flexibility index (Phi) is 3.54. The lowest BCUT2D eigenvalue weighted by Crippen LogP contribution is -2.53. The van der Waals surface area contributed by atoms with Crippen LogP contribution in [0.4, 0.5) is 0 Å². The molecule has 2 fully saturated rings. The van der Waals surface area contributed by atoms with Gasteiger partial charge in [-0.1, -0.05) is 12.8 Å². The van der Waals surface area contributed by atoms with Crippen LogP contribution in [0.25, 0.3) is 0 Å². The molecule has 0 unspecified atom stereocenters. The van der Waals surface area contributed by atoms with E-state index < -0.39 is 19.7 Å². The van der Waals surface area contributed by atoms with E-state index in [0.29, 0.717) is 0 Å². The zero-order valence-corrected chi connectivity index (χ0v) is 11.0. The van der Waals surface area contributed by atoms with Crippen molar-refractivity contribution in [3.8, 4) is 0 Å². The molecule has 0 aliphatic heterocycles. The first-order valence-electron chi connectivity index (χ1n) is 6.60. The summed E-state index contributed by atoms with van der Waals surface area (Å²) in [4.78, 5) is -3.37. The quantitative estimate of drug-likeness (QED) is 0.794. The van der Waals surface area contributed by atoms with Crippen LogP contribution >= 0.6 is 0 Å². The Bertz CT molecular complexity index is 332. The van der Waals surface area contributed by atoms with Crippen molar-refractivity contribution in [1.82, 2.24) is 0 Å². The highest BCUT2D eigenvalue weighted by Crippen LogP contribution is 2.43. The molecule has 100 valence electrons. The highest BCUT2D eigenvalue weighted by Gasteiger charge is 2.54. The normalized spacial score (nSPS) is 28.8. The molecule has 4 nitrogen and oxygen atoms in total. The maximum Gasteiger partial charge on any atom is 0.209 e. The Hall–Kier alpha value is -0.130. The van der Waals surface area contributed by atoms with Crippen molar-refractivity contribution >= 4 is 9.84 Å². The minimum absolute atomic E-state index is 0.275. The minimum Gasteiger partial charge on any atom is -0.374 e. The van der Waals surface area contributed by atoms with Crippen LogP contribution in [0.1, 0.15) is 64.2 Å². The molecule has 0 aromatic rings. The summed E-state index contributed by atoms with van der Waals surface area (Å²) in [5.41, 5.74) is 0. The minimum atomic E-state index is -3.87. The number of rotatable bonds is 2. The average Bonchev–Trinajstić information content (AvgIpc) is 2.30. The van der Waals surface area contributed by atoms with E-state index in [1.807, 2.05) is 0 Å². The van der Waals surface area contributed by atoms with Gasteiger partial charge < -0.3 is 10.2 Å². The van der Waals surface area contributed by atoms with Crippen LogP contribution in [0.15, 0.2) is 0 Å². The lowest BCUT2D eigenvalue weighted by atomic mass is 9.96. The van der Waals surface area contributed by atoms with E-state index in [9.17, 15) is 18.6 Å². The summed E-state index contributed by atoms with van der Waals surface area (Å²) < 4.78 is 25.0. The molecule has 2 aliphatic rings. The molecule has 2 rings (SSSR count). The zero-order chi connectivity index (χ0) is 12.6. The lowest BCUT2D eigenvalue weighted by molar-refractivity contribution is 0.0421. The topological polar surface area (TPSA) is 74.6 Å². The molecule has 17 heavy (non-hydrogen) atoms. The van der Waals surface area contributed by atoms with Gasteiger partial charge in [-0.25, -0.2) is 8.42 Å². The van der Waals surface area contributed by atoms with Gasteiger partial charge in [0.05, 0.1) is 0 Å². The average molecular weight is 262 g/mol. The van der Waals surface area contributed by atoms with E-state index >= 15 is 0 Å². The fourth-order valence-electron chi connectivity index (χ4n) is 3.10. The van der Waals surface area contributed by atoms with E-state index in [0.717, 1.165) is 38.5 Å². The Morgan fingerprint density at radius 3 is 1.24 bits per heavy atom. The molecule has 0 amide bonds. The third-order valence-corrected chi connectivity index (χ3v) is 7.09. The van der Waals surface area contributed by atoms with E-state index in [4.69, 9.17) is 0 Å². The van der Waals surface area contributed by atoms with Crippen molar-refractivity contribution in [2.24, 2.45) is 0 Å². The van der Waals surface area contributed by atoms with E-state index in [1.54, 1.807) is 0 Å². The molecule has 0 aromatic carbocycles. The van der Waals surface area contributed by atoms with Gasteiger partial charge in [-0.15, -0.1) is 0 Å². The second kappa shape index (κ2) is 4.52. The second-order valence-corrected chi connectivity index (χ2v) is 8.04. The van der Waals surface area contributed by atoms with Crippen LogP contribution < -0.4 is 0 Å². The van der Waals surface area contributed by atoms with Gasteiger partial charge in [0.2, 0.25) is 9.84 Å². The predicted octanol–water partition coefficient (Wildman–Crippen LogP) is 1.71. The largest absolute Gasteiger partial charge is 0.374 e. The van der Waals surface area contributed by atoms with Crippen molar-refractivity contribution < 1.29 is 18.6 Å². The first kappa shape index (κ1) is 13.3. The summed E-state index contributed by atoms with van der Waals surface area (Å²) >= 11 is 0. The molecule has 0 radical (unpaired) electrons. The monoisotopic (exact) mass is 262 g/mol. The van der Waals surface area contributed by atoms with Crippen LogP contribution in [0.5, 0.6) is 0 Å². The Morgan fingerprint density at radius 1 is 0.647 bits per heavy atom. The second-order valence-electron chi connectivity index (χ2n) is 5.52. The number of sulfone groups is 1. The van der Waals surface area contributed by atoms with Crippen LogP contribution in [0, 0.1) is 0 Å². The number of hydrogen-bond acceptors (Lipinski definition) is 4. The highest BCUT2D eigenvalue weighted by atomic mass is 32.2. The van der Waals surface area contributed by atoms with Crippen molar-refractivity contribution in [2.75, 3.05) is 0 Å². The summed E-state index contributed by atoms with van der Waals surface area (Å²) in [5.74, 6) is 0. The number of aliphatic hydroxyl groups is 2. The molecule has 0 atom stereocenters. The van der Waals surface area contributed by atoms with Gasteiger partial charge >= 0.3 is 0 Å². The van der Waals surface area contributed by atoms with E-state index in [2.05, 4.69) is 0 Å². The van der Waals surface area contributed by atoms with Crippen LogP contribution in [0.2, 0.25) is 0 Å². The molecule has 5 heteroatoms. The van der Waals surface area contributed by atoms with E-state index in [1.165, 1.54) is 0 Å². The number of hydrogen-bond donors (Lipinski definition) is 2. The van der Waals surface area contributed by atoms with Crippen molar-refractivity contribution in [1.29, 1.82) is 0 Å². The van der Waals surface area contributed by atoms with Gasteiger partial charge in [0.25, 0.3) is 0 Å². The molecule has 0 heterocycles. The van der Waals surface area contributed by atoms with E-state index in [-0.39, 0.29) is 25.7 Å². The van der Waals surface area contributed by atoms with Gasteiger partial charge in [-0.05, 0) is 51.4 Å². The van der Waals surface area contributed by atoms with Crippen LogP contribution in [-0.2, 0) is 9.84 Å². The Labute approximate surface area is 103 Å². The van der Waals surface area contributed by atoms with Gasteiger partial charge in [0, 0.05) is 0 Å². The third kappa shape index (κ3) is 2.13. The maximum absolute atomic E-state index is 12.5. The first-order valence-corrected chi connectivity index (χ1v) is 8.09. The third-order valence-electron chi connectivity index (χ3n) is 4.27. The maximum atomic E-state index is 12.5. The summed E-state index contributed by atoms with van der Waals surface area (Å²) in [6, 6.07) is 0. The Balaban J connectivity index is 2.27. The van der Waals surface area contributed by atoms with Gasteiger partial charge in [-0.2, -0.15) is 0 Å². The molecular formula is C12H22O4S. The predicted molar refractivity (Wildman–Crippen MR) is 65.0 cm³/mol. The molecular weight excluding hydrogens is 240 g/mol. The fraction of sp³-hybridized carbons (Fsp3) is 1.00. The molecule has 2 N–H and O–H groups in total. The van der Waals surface area contributed by atoms with Crippen LogP contribution in [-0.4, -0.2) is 28.5 Å². The van der Waals surface area contributed by atoms with Crippen LogP contribution in [0.3, 0.4) is 0 Å². The molecule has 0 spiro atoms. The summed E-state index contributed by atoms with van der Waals surface area (Å²) in [5, 5.41) is 20.7. The molecule has 2 aliphatic carbocycles. The van der Waals surface area contributed by atoms with Crippen molar-refractivity contribution in [2.45, 2.75) is 74.1 Å². The smallest absolute Gasteiger partial charge is 0.209 e.